The molecule has 1 amide bonds. The molecule has 23 heavy (non-hydrogen) atoms. The van der Waals surface area contributed by atoms with Crippen molar-refractivity contribution < 1.29 is 9.53 Å². The van der Waals surface area contributed by atoms with E-state index in [1.807, 2.05) is 25.1 Å². The molecule has 2 aromatic carbocycles. The van der Waals surface area contributed by atoms with E-state index in [2.05, 4.69) is 37.4 Å². The van der Waals surface area contributed by atoms with Crippen LogP contribution in [0.1, 0.15) is 22.3 Å². The maximum absolute atomic E-state index is 12.1. The molecule has 3 nitrogen and oxygen atoms in total. The topological polar surface area (TPSA) is 38.3 Å². The molecule has 0 atom stereocenters. The summed E-state index contributed by atoms with van der Waals surface area (Å²) >= 11 is 1.62. The summed E-state index contributed by atoms with van der Waals surface area (Å²) < 4.78 is 5.28. The second-order valence-corrected chi connectivity index (χ2v) is 6.66. The highest BCUT2D eigenvalue weighted by Crippen LogP contribution is 2.25. The van der Waals surface area contributed by atoms with E-state index in [-0.39, 0.29) is 5.91 Å². The lowest BCUT2D eigenvalue weighted by atomic mass is 10.1. The van der Waals surface area contributed by atoms with Crippen LogP contribution >= 0.6 is 11.8 Å². The Morgan fingerprint density at radius 3 is 2.52 bits per heavy atom. The molecule has 2 rings (SSSR count). The molecule has 0 spiro atoms. The molecule has 0 bridgehead atoms. The summed E-state index contributed by atoms with van der Waals surface area (Å²) in [5.74, 6) is 1.93. The lowest BCUT2D eigenvalue weighted by molar-refractivity contribution is -0.113. The number of hydrogen-bond donors (Lipinski definition) is 1. The van der Waals surface area contributed by atoms with E-state index in [1.54, 1.807) is 18.9 Å². The quantitative estimate of drug-likeness (QED) is 0.848. The number of methoxy groups -OCH3 is 1. The van der Waals surface area contributed by atoms with Crippen LogP contribution in [0.4, 0.5) is 5.69 Å². The Hall–Kier alpha value is -1.94. The van der Waals surface area contributed by atoms with Crippen molar-refractivity contribution in [3.8, 4) is 5.75 Å². The van der Waals surface area contributed by atoms with Crippen LogP contribution < -0.4 is 10.1 Å². The molecule has 0 unspecified atom stereocenters. The fraction of sp³-hybridized carbons (Fsp3) is 0.316. The molecule has 1 N–H and O–H groups in total. The second kappa shape index (κ2) is 8.06. The van der Waals surface area contributed by atoms with Crippen molar-refractivity contribution in [2.24, 2.45) is 0 Å². The van der Waals surface area contributed by atoms with Crippen molar-refractivity contribution in [1.82, 2.24) is 0 Å². The number of benzene rings is 2. The van der Waals surface area contributed by atoms with E-state index >= 15 is 0 Å². The number of aryl methyl sites for hydroxylation is 3. The van der Waals surface area contributed by atoms with Gasteiger partial charge in [-0.2, -0.15) is 0 Å². The number of rotatable bonds is 6. The van der Waals surface area contributed by atoms with Crippen LogP contribution in [0, 0.1) is 20.8 Å². The van der Waals surface area contributed by atoms with Gasteiger partial charge in [-0.15, -0.1) is 11.8 Å². The minimum atomic E-state index is -0.00999. The van der Waals surface area contributed by atoms with Crippen LogP contribution in [0.3, 0.4) is 0 Å². The van der Waals surface area contributed by atoms with E-state index in [0.29, 0.717) is 11.5 Å². The summed E-state index contributed by atoms with van der Waals surface area (Å²) in [6.45, 7) is 6.18. The molecular formula is C19H23NO2S. The fourth-order valence-corrected chi connectivity index (χ4v) is 3.21. The Bertz CT molecular complexity index is 698. The first-order valence-electron chi connectivity index (χ1n) is 7.58. The number of thioether (sulfide) groups is 1. The number of carbonyl (C=O) groups is 1. The molecule has 0 saturated carbocycles. The zero-order valence-corrected chi connectivity index (χ0v) is 14.9. The number of amides is 1. The van der Waals surface area contributed by atoms with Crippen molar-refractivity contribution in [3.05, 3.63) is 58.7 Å². The SMILES string of the molecule is COc1ccc(C)cc1NC(=O)CSCc1cc(C)ccc1C. The standard InChI is InChI=1S/C19H23NO2S/c1-13-5-7-15(3)16(9-13)11-23-12-19(21)20-17-10-14(2)6-8-18(17)22-4/h5-10H,11-12H2,1-4H3,(H,20,21). The summed E-state index contributed by atoms with van der Waals surface area (Å²) in [6, 6.07) is 12.2. The Morgan fingerprint density at radius 1 is 1.09 bits per heavy atom. The predicted molar refractivity (Wildman–Crippen MR) is 98.4 cm³/mol. The fourth-order valence-electron chi connectivity index (χ4n) is 2.32. The molecule has 122 valence electrons. The first-order valence-corrected chi connectivity index (χ1v) is 8.73. The van der Waals surface area contributed by atoms with Gasteiger partial charge in [0.05, 0.1) is 18.6 Å². The van der Waals surface area contributed by atoms with Crippen molar-refractivity contribution in [1.29, 1.82) is 0 Å². The highest BCUT2D eigenvalue weighted by molar-refractivity contribution is 7.99. The van der Waals surface area contributed by atoms with E-state index in [1.165, 1.54) is 16.7 Å². The zero-order chi connectivity index (χ0) is 16.8. The normalized spacial score (nSPS) is 10.4. The van der Waals surface area contributed by atoms with Gasteiger partial charge in [0.15, 0.2) is 0 Å². The van der Waals surface area contributed by atoms with Gasteiger partial charge in [0.1, 0.15) is 5.75 Å². The molecule has 4 heteroatoms. The first-order chi connectivity index (χ1) is 11.0. The zero-order valence-electron chi connectivity index (χ0n) is 14.1. The average molecular weight is 329 g/mol. The van der Waals surface area contributed by atoms with Crippen LogP contribution in [-0.4, -0.2) is 18.8 Å². The highest BCUT2D eigenvalue weighted by Gasteiger charge is 2.08. The van der Waals surface area contributed by atoms with Crippen molar-refractivity contribution in [3.63, 3.8) is 0 Å². The summed E-state index contributed by atoms with van der Waals surface area (Å²) in [5.41, 5.74) is 5.62. The monoisotopic (exact) mass is 329 g/mol. The number of hydrogen-bond acceptors (Lipinski definition) is 3. The number of nitrogens with one attached hydrogen (secondary N) is 1. The minimum Gasteiger partial charge on any atom is -0.495 e. The lowest BCUT2D eigenvalue weighted by Crippen LogP contribution is -2.15. The van der Waals surface area contributed by atoms with E-state index in [4.69, 9.17) is 4.74 Å². The molecule has 0 heterocycles. The van der Waals surface area contributed by atoms with E-state index in [9.17, 15) is 4.79 Å². The summed E-state index contributed by atoms with van der Waals surface area (Å²) in [4.78, 5) is 12.1. The van der Waals surface area contributed by atoms with E-state index < -0.39 is 0 Å². The molecule has 0 aliphatic heterocycles. The first kappa shape index (κ1) is 17.4. The van der Waals surface area contributed by atoms with Gasteiger partial charge in [0.25, 0.3) is 0 Å². The summed E-state index contributed by atoms with van der Waals surface area (Å²) in [6.07, 6.45) is 0. The van der Waals surface area contributed by atoms with Gasteiger partial charge in [-0.05, 0) is 49.6 Å². The molecule has 0 saturated heterocycles. The van der Waals surface area contributed by atoms with Gasteiger partial charge in [0.2, 0.25) is 5.91 Å². The maximum Gasteiger partial charge on any atom is 0.234 e. The molecule has 0 radical (unpaired) electrons. The van der Waals surface area contributed by atoms with Gasteiger partial charge in [-0.25, -0.2) is 0 Å². The molecular weight excluding hydrogens is 306 g/mol. The smallest absolute Gasteiger partial charge is 0.234 e. The largest absolute Gasteiger partial charge is 0.495 e. The Morgan fingerprint density at radius 2 is 1.78 bits per heavy atom. The van der Waals surface area contributed by atoms with Crippen LogP contribution in [0.25, 0.3) is 0 Å². The number of ether oxygens (including phenoxy) is 1. The maximum atomic E-state index is 12.1. The van der Waals surface area contributed by atoms with Gasteiger partial charge >= 0.3 is 0 Å². The third-order valence-corrected chi connectivity index (χ3v) is 4.61. The molecule has 2 aromatic rings. The highest BCUT2D eigenvalue weighted by atomic mass is 32.2. The van der Waals surface area contributed by atoms with Gasteiger partial charge in [-0.3, -0.25) is 4.79 Å². The van der Waals surface area contributed by atoms with Crippen LogP contribution in [-0.2, 0) is 10.5 Å². The van der Waals surface area contributed by atoms with Gasteiger partial charge in [0, 0.05) is 5.75 Å². The van der Waals surface area contributed by atoms with Crippen molar-refractivity contribution in [2.75, 3.05) is 18.2 Å². The molecule has 0 fully saturated rings. The summed E-state index contributed by atoms with van der Waals surface area (Å²) in [7, 11) is 1.61. The van der Waals surface area contributed by atoms with Crippen LogP contribution in [0.5, 0.6) is 5.75 Å². The Kier molecular flexibility index (Phi) is 6.11. The van der Waals surface area contributed by atoms with Gasteiger partial charge in [-0.1, -0.05) is 29.8 Å². The second-order valence-electron chi connectivity index (χ2n) is 5.67. The average Bonchev–Trinajstić information content (AvgIpc) is 2.51. The van der Waals surface area contributed by atoms with E-state index in [0.717, 1.165) is 17.0 Å². The molecule has 0 aromatic heterocycles. The lowest BCUT2D eigenvalue weighted by Gasteiger charge is -2.11. The van der Waals surface area contributed by atoms with Crippen LogP contribution in [0.15, 0.2) is 36.4 Å². The van der Waals surface area contributed by atoms with Crippen LogP contribution in [0.2, 0.25) is 0 Å². The predicted octanol–water partition coefficient (Wildman–Crippen LogP) is 4.49. The third-order valence-electron chi connectivity index (χ3n) is 3.62. The molecule has 0 aliphatic carbocycles. The Labute approximate surface area is 142 Å². The molecule has 0 aliphatic rings. The Balaban J connectivity index is 1.91. The number of carbonyl (C=O) groups excluding carboxylic acids is 1. The van der Waals surface area contributed by atoms with Gasteiger partial charge < -0.3 is 10.1 Å². The van der Waals surface area contributed by atoms with Crippen molar-refractivity contribution in [2.45, 2.75) is 26.5 Å². The number of anilines is 1. The summed E-state index contributed by atoms with van der Waals surface area (Å²) in [5, 5.41) is 2.93. The minimum absolute atomic E-state index is 0.00999. The van der Waals surface area contributed by atoms with Crippen molar-refractivity contribution >= 4 is 23.4 Å². The third kappa shape index (κ3) is 5.03.